The molecular formula is C19H30N3O5S+. The number of methoxy groups -OCH3 is 1. The number of quaternary nitrogens is 1. The number of benzene rings is 1. The van der Waals surface area contributed by atoms with Crippen molar-refractivity contribution >= 4 is 21.9 Å². The molecule has 0 radical (unpaired) electrons. The smallest absolute Gasteiger partial charge is 0.328 e. The Morgan fingerprint density at radius 3 is 2.36 bits per heavy atom. The molecule has 1 amide bonds. The first kappa shape index (κ1) is 22.3. The van der Waals surface area contributed by atoms with Crippen LogP contribution >= 0.6 is 0 Å². The largest absolute Gasteiger partial charge is 0.467 e. The molecule has 0 unspecified atom stereocenters. The summed E-state index contributed by atoms with van der Waals surface area (Å²) in [7, 11) is -2.20. The van der Waals surface area contributed by atoms with Crippen molar-refractivity contribution in [3.05, 3.63) is 30.3 Å². The molecule has 0 spiro atoms. The SMILES string of the molecule is CC[C@@H](C)[C@H](NC(=O)C[NH+]1CCN(S(=O)(=O)c2ccccc2)CC1)C(=O)OC. The Morgan fingerprint density at radius 1 is 1.21 bits per heavy atom. The van der Waals surface area contributed by atoms with E-state index in [-0.39, 0.29) is 23.3 Å². The average Bonchev–Trinajstić information content (AvgIpc) is 2.72. The van der Waals surface area contributed by atoms with E-state index in [9.17, 15) is 18.0 Å². The number of hydrogen-bond acceptors (Lipinski definition) is 5. The second-order valence-electron chi connectivity index (χ2n) is 7.10. The van der Waals surface area contributed by atoms with Crippen LogP contribution in [0.2, 0.25) is 0 Å². The number of nitrogens with zero attached hydrogens (tertiary/aromatic N) is 1. The molecule has 8 nitrogen and oxygen atoms in total. The molecule has 1 saturated heterocycles. The molecule has 1 heterocycles. The third-order valence-electron chi connectivity index (χ3n) is 5.21. The Balaban J connectivity index is 1.89. The molecule has 2 atom stereocenters. The lowest BCUT2D eigenvalue weighted by molar-refractivity contribution is -0.895. The van der Waals surface area contributed by atoms with Gasteiger partial charge in [-0.2, -0.15) is 4.31 Å². The van der Waals surface area contributed by atoms with E-state index >= 15 is 0 Å². The topological polar surface area (TPSA) is 97.2 Å². The minimum Gasteiger partial charge on any atom is -0.467 e. The Bertz CT molecular complexity index is 761. The predicted molar refractivity (Wildman–Crippen MR) is 104 cm³/mol. The molecule has 156 valence electrons. The highest BCUT2D eigenvalue weighted by atomic mass is 32.2. The second kappa shape index (κ2) is 9.99. The lowest BCUT2D eigenvalue weighted by Crippen LogP contribution is -3.15. The van der Waals surface area contributed by atoms with Gasteiger partial charge in [0.15, 0.2) is 6.54 Å². The average molecular weight is 413 g/mol. The zero-order chi connectivity index (χ0) is 20.7. The number of nitrogens with one attached hydrogen (secondary N) is 2. The van der Waals surface area contributed by atoms with Gasteiger partial charge in [0.2, 0.25) is 10.0 Å². The number of amides is 1. The third kappa shape index (κ3) is 5.52. The van der Waals surface area contributed by atoms with Crippen molar-refractivity contribution in [3.63, 3.8) is 0 Å². The molecule has 9 heteroatoms. The van der Waals surface area contributed by atoms with Crippen molar-refractivity contribution in [2.45, 2.75) is 31.2 Å². The summed E-state index contributed by atoms with van der Waals surface area (Å²) < 4.78 is 31.6. The minimum absolute atomic E-state index is 0.0285. The normalized spacial score (nSPS) is 18.2. The summed E-state index contributed by atoms with van der Waals surface area (Å²) in [5, 5.41) is 2.77. The lowest BCUT2D eigenvalue weighted by atomic mass is 9.99. The molecule has 2 rings (SSSR count). The second-order valence-corrected chi connectivity index (χ2v) is 9.04. The molecule has 28 heavy (non-hydrogen) atoms. The fourth-order valence-electron chi connectivity index (χ4n) is 3.21. The molecule has 0 bridgehead atoms. The van der Waals surface area contributed by atoms with Crippen LogP contribution in [-0.2, 0) is 24.3 Å². The number of carbonyl (C=O) groups is 2. The maximum absolute atomic E-state index is 12.7. The number of ether oxygens (including phenoxy) is 1. The zero-order valence-corrected chi connectivity index (χ0v) is 17.5. The lowest BCUT2D eigenvalue weighted by Gasteiger charge is -2.31. The van der Waals surface area contributed by atoms with Crippen LogP contribution < -0.4 is 10.2 Å². The first-order valence-corrected chi connectivity index (χ1v) is 11.0. The van der Waals surface area contributed by atoms with Gasteiger partial charge >= 0.3 is 5.97 Å². The predicted octanol–water partition coefficient (Wildman–Crippen LogP) is -0.720. The van der Waals surface area contributed by atoms with Gasteiger partial charge in [0, 0.05) is 0 Å². The quantitative estimate of drug-likeness (QED) is 0.550. The number of sulfonamides is 1. The standard InChI is InChI=1S/C19H29N3O5S/c1-4-15(2)18(19(24)27-3)20-17(23)14-21-10-12-22(13-11-21)28(25,26)16-8-6-5-7-9-16/h5-9,15,18H,4,10-14H2,1-3H3,(H,20,23)/p+1/t15-,18+/m1/s1. The van der Waals surface area contributed by atoms with Crippen LogP contribution in [-0.4, -0.2) is 70.5 Å². The van der Waals surface area contributed by atoms with Crippen molar-refractivity contribution in [2.24, 2.45) is 5.92 Å². The first-order valence-electron chi connectivity index (χ1n) is 9.55. The van der Waals surface area contributed by atoms with Crippen molar-refractivity contribution in [3.8, 4) is 0 Å². The maximum atomic E-state index is 12.7. The van der Waals surface area contributed by atoms with E-state index in [0.29, 0.717) is 26.2 Å². The summed E-state index contributed by atoms with van der Waals surface area (Å²) in [5.74, 6) is -0.708. The molecule has 0 saturated carbocycles. The van der Waals surface area contributed by atoms with Crippen LogP contribution in [0.4, 0.5) is 0 Å². The molecule has 2 N–H and O–H groups in total. The molecule has 1 aliphatic heterocycles. The number of esters is 1. The van der Waals surface area contributed by atoms with E-state index in [1.54, 1.807) is 30.3 Å². The van der Waals surface area contributed by atoms with E-state index in [4.69, 9.17) is 4.74 Å². The summed E-state index contributed by atoms with van der Waals surface area (Å²) in [6.07, 6.45) is 0.739. The van der Waals surface area contributed by atoms with Crippen LogP contribution in [0.15, 0.2) is 35.2 Å². The highest BCUT2D eigenvalue weighted by Gasteiger charge is 2.32. The fourth-order valence-corrected chi connectivity index (χ4v) is 4.67. The summed E-state index contributed by atoms with van der Waals surface area (Å²) in [4.78, 5) is 25.6. The maximum Gasteiger partial charge on any atom is 0.328 e. The van der Waals surface area contributed by atoms with E-state index in [1.807, 2.05) is 13.8 Å². The third-order valence-corrected chi connectivity index (χ3v) is 7.12. The number of piperazine rings is 1. The zero-order valence-electron chi connectivity index (χ0n) is 16.7. The van der Waals surface area contributed by atoms with Crippen molar-refractivity contribution in [1.82, 2.24) is 9.62 Å². The Kier molecular flexibility index (Phi) is 7.97. The van der Waals surface area contributed by atoms with Crippen molar-refractivity contribution in [2.75, 3.05) is 39.8 Å². The van der Waals surface area contributed by atoms with Crippen molar-refractivity contribution in [1.29, 1.82) is 0 Å². The van der Waals surface area contributed by atoms with E-state index in [2.05, 4.69) is 5.32 Å². The van der Waals surface area contributed by atoms with Gasteiger partial charge in [-0.25, -0.2) is 13.2 Å². The van der Waals surface area contributed by atoms with Gasteiger partial charge in [-0.05, 0) is 18.1 Å². The molecular weight excluding hydrogens is 382 g/mol. The summed E-state index contributed by atoms with van der Waals surface area (Å²) >= 11 is 0. The van der Waals surface area contributed by atoms with E-state index in [1.165, 1.54) is 11.4 Å². The van der Waals surface area contributed by atoms with Crippen LogP contribution in [0.1, 0.15) is 20.3 Å². The molecule has 1 fully saturated rings. The first-order chi connectivity index (χ1) is 13.3. The van der Waals surface area contributed by atoms with Gasteiger partial charge in [-0.15, -0.1) is 0 Å². The summed E-state index contributed by atoms with van der Waals surface area (Å²) in [6, 6.07) is 7.69. The van der Waals surface area contributed by atoms with Crippen LogP contribution in [0.5, 0.6) is 0 Å². The monoisotopic (exact) mass is 412 g/mol. The Hall–Kier alpha value is -1.97. The van der Waals surface area contributed by atoms with Gasteiger partial charge in [-0.1, -0.05) is 38.5 Å². The number of carbonyl (C=O) groups excluding carboxylic acids is 2. The summed E-state index contributed by atoms with van der Waals surface area (Å²) in [5.41, 5.74) is 0. The molecule has 1 aliphatic rings. The number of hydrogen-bond donors (Lipinski definition) is 2. The highest BCUT2D eigenvalue weighted by molar-refractivity contribution is 7.89. The minimum atomic E-state index is -3.50. The van der Waals surface area contributed by atoms with Gasteiger partial charge in [0.1, 0.15) is 6.04 Å². The molecule has 0 aromatic heterocycles. The van der Waals surface area contributed by atoms with Crippen LogP contribution in [0.25, 0.3) is 0 Å². The summed E-state index contributed by atoms with van der Waals surface area (Å²) in [6.45, 7) is 5.81. The Labute approximate surface area is 166 Å². The van der Waals surface area contributed by atoms with E-state index < -0.39 is 22.0 Å². The number of rotatable bonds is 8. The highest BCUT2D eigenvalue weighted by Crippen LogP contribution is 2.14. The fraction of sp³-hybridized carbons (Fsp3) is 0.579. The van der Waals surface area contributed by atoms with Crippen LogP contribution in [0.3, 0.4) is 0 Å². The van der Waals surface area contributed by atoms with E-state index in [0.717, 1.165) is 11.3 Å². The van der Waals surface area contributed by atoms with Gasteiger partial charge < -0.3 is 15.0 Å². The Morgan fingerprint density at radius 2 is 1.82 bits per heavy atom. The molecule has 1 aromatic carbocycles. The van der Waals surface area contributed by atoms with Crippen LogP contribution in [0, 0.1) is 5.92 Å². The van der Waals surface area contributed by atoms with Gasteiger partial charge in [-0.3, -0.25) is 4.79 Å². The van der Waals surface area contributed by atoms with Gasteiger partial charge in [0.05, 0.1) is 38.2 Å². The van der Waals surface area contributed by atoms with Gasteiger partial charge in [0.25, 0.3) is 5.91 Å². The molecule has 0 aliphatic carbocycles. The molecule has 1 aromatic rings. The van der Waals surface area contributed by atoms with Crippen molar-refractivity contribution < 1.29 is 27.6 Å².